The average Bonchev–Trinajstić information content (AvgIpc) is 2.03. The van der Waals surface area contributed by atoms with Crippen LogP contribution in [-0.2, 0) is 0 Å². The van der Waals surface area contributed by atoms with Crippen LogP contribution in [-0.4, -0.2) is 28.4 Å². The molecule has 0 aromatic heterocycles. The zero-order chi connectivity index (χ0) is 7.23. The van der Waals surface area contributed by atoms with Crippen molar-refractivity contribution in [3.63, 3.8) is 0 Å². The maximum atomic E-state index is 3.32. The molecule has 0 amide bonds. The third-order valence-electron chi connectivity index (χ3n) is 1.20. The standard InChI is InChI=1S/C9H9Br.Mg.2H/c10-8-4-7-9-5-2-1-3-6-9;;;/h1-7H,8H2;;;/b7-4+;;;. The van der Waals surface area contributed by atoms with Crippen LogP contribution in [0.1, 0.15) is 5.56 Å². The van der Waals surface area contributed by atoms with Gasteiger partial charge in [-0.1, -0.05) is 58.4 Å². The van der Waals surface area contributed by atoms with E-state index in [0.717, 1.165) is 5.33 Å². The summed E-state index contributed by atoms with van der Waals surface area (Å²) in [7, 11) is 0. The predicted octanol–water partition coefficient (Wildman–Crippen LogP) is 2.18. The first-order chi connectivity index (χ1) is 4.93. The lowest BCUT2D eigenvalue weighted by Gasteiger charge is -1.88. The first-order valence-electron chi connectivity index (χ1n) is 3.21. The number of benzene rings is 1. The van der Waals surface area contributed by atoms with Gasteiger partial charge in [-0.15, -0.1) is 0 Å². The van der Waals surface area contributed by atoms with E-state index in [-0.39, 0.29) is 23.1 Å². The van der Waals surface area contributed by atoms with Crippen molar-refractivity contribution in [1.82, 2.24) is 0 Å². The molecule has 0 nitrogen and oxygen atoms in total. The van der Waals surface area contributed by atoms with Crippen LogP contribution in [0.4, 0.5) is 0 Å². The Morgan fingerprint density at radius 1 is 1.18 bits per heavy atom. The number of hydrogen-bond donors (Lipinski definition) is 0. The van der Waals surface area contributed by atoms with E-state index in [4.69, 9.17) is 0 Å². The second-order valence-electron chi connectivity index (χ2n) is 1.97. The first kappa shape index (κ1) is 11.2. The Kier molecular flexibility index (Phi) is 7.02. The van der Waals surface area contributed by atoms with Gasteiger partial charge in [0.05, 0.1) is 0 Å². The van der Waals surface area contributed by atoms with Crippen LogP contribution in [0.2, 0.25) is 0 Å². The van der Waals surface area contributed by atoms with Crippen LogP contribution in [0, 0.1) is 0 Å². The van der Waals surface area contributed by atoms with Gasteiger partial charge >= 0.3 is 23.1 Å². The minimum absolute atomic E-state index is 0. The molecule has 0 atom stereocenters. The van der Waals surface area contributed by atoms with Crippen molar-refractivity contribution in [2.24, 2.45) is 0 Å². The summed E-state index contributed by atoms with van der Waals surface area (Å²) < 4.78 is 0. The minimum atomic E-state index is 0. The number of hydrogen-bond acceptors (Lipinski definition) is 0. The largest absolute Gasteiger partial charge is 0.316 e. The molecule has 0 bridgehead atoms. The number of rotatable bonds is 2. The molecular weight excluding hydrogens is 212 g/mol. The van der Waals surface area contributed by atoms with E-state index in [9.17, 15) is 0 Å². The zero-order valence-corrected chi connectivity index (χ0v) is 7.21. The van der Waals surface area contributed by atoms with Crippen LogP contribution >= 0.6 is 15.9 Å². The molecule has 1 rings (SSSR count). The monoisotopic (exact) mass is 222 g/mol. The van der Waals surface area contributed by atoms with Gasteiger partial charge in [-0.05, 0) is 5.56 Å². The van der Waals surface area contributed by atoms with Crippen LogP contribution < -0.4 is 0 Å². The molecule has 0 aliphatic heterocycles. The Bertz CT molecular complexity index is 206. The van der Waals surface area contributed by atoms with E-state index >= 15 is 0 Å². The maximum Gasteiger partial charge on any atom is 0.316 e. The molecule has 0 spiro atoms. The third-order valence-corrected chi connectivity index (χ3v) is 1.57. The molecular formula is C9H11BrMg. The van der Waals surface area contributed by atoms with Gasteiger partial charge in [-0.3, -0.25) is 0 Å². The van der Waals surface area contributed by atoms with Crippen molar-refractivity contribution < 1.29 is 0 Å². The van der Waals surface area contributed by atoms with Crippen molar-refractivity contribution in [2.75, 3.05) is 5.33 Å². The normalized spacial score (nSPS) is 9.55. The highest BCUT2D eigenvalue weighted by Crippen LogP contribution is 2.00. The van der Waals surface area contributed by atoms with Crippen LogP contribution in [0.25, 0.3) is 6.08 Å². The van der Waals surface area contributed by atoms with Gasteiger partial charge in [-0.2, -0.15) is 0 Å². The van der Waals surface area contributed by atoms with Crippen molar-refractivity contribution >= 4 is 45.1 Å². The summed E-state index contributed by atoms with van der Waals surface area (Å²) in [4.78, 5) is 0. The molecule has 0 fully saturated rings. The summed E-state index contributed by atoms with van der Waals surface area (Å²) in [6.45, 7) is 0. The molecule has 0 radical (unpaired) electrons. The fourth-order valence-corrected chi connectivity index (χ4v) is 0.932. The Balaban J connectivity index is 0.000001000. The summed E-state index contributed by atoms with van der Waals surface area (Å²) in [6.07, 6.45) is 4.17. The van der Waals surface area contributed by atoms with Crippen LogP contribution in [0.15, 0.2) is 36.4 Å². The Morgan fingerprint density at radius 3 is 2.36 bits per heavy atom. The van der Waals surface area contributed by atoms with E-state index in [2.05, 4.69) is 40.2 Å². The molecule has 0 saturated carbocycles. The quantitative estimate of drug-likeness (QED) is 0.532. The molecule has 0 aliphatic carbocycles. The minimum Gasteiger partial charge on any atom is -0.0883 e. The molecule has 0 N–H and O–H groups in total. The fourth-order valence-electron chi connectivity index (χ4n) is 0.745. The highest BCUT2D eigenvalue weighted by Gasteiger charge is 1.79. The predicted molar refractivity (Wildman–Crippen MR) is 57.8 cm³/mol. The lowest BCUT2D eigenvalue weighted by Crippen LogP contribution is -1.67. The number of allylic oxidation sites excluding steroid dienone is 1. The molecule has 0 aliphatic rings. The SMILES string of the molecule is BrC/C=C/c1ccccc1.[MgH2]. The number of halogens is 1. The number of alkyl halides is 1. The maximum absolute atomic E-state index is 3.32. The van der Waals surface area contributed by atoms with E-state index in [0.29, 0.717) is 0 Å². The Hall–Kier alpha value is 0.206. The second kappa shape index (κ2) is 6.89. The lowest BCUT2D eigenvalue weighted by atomic mass is 10.2. The molecule has 2 heteroatoms. The van der Waals surface area contributed by atoms with Gasteiger partial charge in [0.25, 0.3) is 0 Å². The first-order valence-corrected chi connectivity index (χ1v) is 4.33. The summed E-state index contributed by atoms with van der Waals surface area (Å²) >= 11 is 3.32. The summed E-state index contributed by atoms with van der Waals surface area (Å²) in [6, 6.07) is 10.3. The van der Waals surface area contributed by atoms with Gasteiger partial charge in [0.1, 0.15) is 0 Å². The highest BCUT2D eigenvalue weighted by atomic mass is 79.9. The smallest absolute Gasteiger partial charge is 0.0883 e. The van der Waals surface area contributed by atoms with Crippen LogP contribution in [0.3, 0.4) is 0 Å². The van der Waals surface area contributed by atoms with Gasteiger partial charge in [-0.25, -0.2) is 0 Å². The van der Waals surface area contributed by atoms with Crippen molar-refractivity contribution in [3.8, 4) is 0 Å². The van der Waals surface area contributed by atoms with Gasteiger partial charge in [0.2, 0.25) is 0 Å². The molecule has 1 aromatic carbocycles. The van der Waals surface area contributed by atoms with Gasteiger partial charge in [0.15, 0.2) is 0 Å². The molecule has 1 aromatic rings. The van der Waals surface area contributed by atoms with E-state index in [1.54, 1.807) is 0 Å². The van der Waals surface area contributed by atoms with E-state index in [1.165, 1.54) is 5.56 Å². The lowest BCUT2D eigenvalue weighted by molar-refractivity contribution is 1.65. The van der Waals surface area contributed by atoms with Crippen molar-refractivity contribution in [2.45, 2.75) is 0 Å². The average molecular weight is 223 g/mol. The second-order valence-corrected chi connectivity index (χ2v) is 2.61. The zero-order valence-electron chi connectivity index (χ0n) is 5.63. The highest BCUT2D eigenvalue weighted by molar-refractivity contribution is 9.09. The molecule has 0 heterocycles. The topological polar surface area (TPSA) is 0 Å². The van der Waals surface area contributed by atoms with Gasteiger partial charge < -0.3 is 0 Å². The van der Waals surface area contributed by atoms with Crippen LogP contribution in [0.5, 0.6) is 0 Å². The third kappa shape index (κ3) is 4.61. The molecule has 0 saturated heterocycles. The fraction of sp³-hybridized carbons (Fsp3) is 0.111. The van der Waals surface area contributed by atoms with E-state index in [1.807, 2.05) is 18.2 Å². The summed E-state index contributed by atoms with van der Waals surface area (Å²) in [5.74, 6) is 0. The van der Waals surface area contributed by atoms with Crippen molar-refractivity contribution in [3.05, 3.63) is 42.0 Å². The summed E-state index contributed by atoms with van der Waals surface area (Å²) in [5, 5.41) is 0.919. The van der Waals surface area contributed by atoms with Gasteiger partial charge in [0, 0.05) is 5.33 Å². The Morgan fingerprint density at radius 2 is 1.82 bits per heavy atom. The summed E-state index contributed by atoms with van der Waals surface area (Å²) in [5.41, 5.74) is 1.25. The molecule has 11 heavy (non-hydrogen) atoms. The Labute approximate surface area is 92.0 Å². The molecule has 56 valence electrons. The van der Waals surface area contributed by atoms with E-state index < -0.39 is 0 Å². The molecule has 0 unspecified atom stereocenters. The van der Waals surface area contributed by atoms with Crippen molar-refractivity contribution in [1.29, 1.82) is 0 Å².